The van der Waals surface area contributed by atoms with Crippen LogP contribution in [0.15, 0.2) is 29.3 Å². The Hall–Kier alpha value is -1.51. The first-order valence-electron chi connectivity index (χ1n) is 7.02. The molecule has 1 aliphatic heterocycles. The zero-order valence-corrected chi connectivity index (χ0v) is 12.5. The van der Waals surface area contributed by atoms with Crippen LogP contribution in [0.25, 0.3) is 0 Å². The minimum Gasteiger partial charge on any atom is -0.352 e. The lowest BCUT2D eigenvalue weighted by molar-refractivity contribution is 0.370. The molecule has 0 bridgehead atoms. The average Bonchev–Trinajstić information content (AvgIpc) is 2.73. The molecule has 1 heterocycles. The van der Waals surface area contributed by atoms with Crippen LogP contribution in [0.5, 0.6) is 0 Å². The molecule has 3 heteroatoms. The Bertz CT molecular complexity index is 463. The highest BCUT2D eigenvalue weighted by Gasteiger charge is 2.30. The highest BCUT2D eigenvalue weighted by atomic mass is 15.3. The molecule has 0 spiro atoms. The fraction of sp³-hybridized carbons (Fsp3) is 0.562. The third-order valence-corrected chi connectivity index (χ3v) is 3.89. The van der Waals surface area contributed by atoms with Crippen LogP contribution in [0, 0.1) is 12.3 Å². The molecule has 104 valence electrons. The third kappa shape index (κ3) is 3.49. The predicted octanol–water partition coefficient (Wildman–Crippen LogP) is 2.80. The largest absolute Gasteiger partial charge is 0.352 e. The van der Waals surface area contributed by atoms with E-state index >= 15 is 0 Å². The van der Waals surface area contributed by atoms with Crippen LogP contribution < -0.4 is 5.32 Å². The van der Waals surface area contributed by atoms with Crippen molar-refractivity contribution in [1.82, 2.24) is 10.2 Å². The Balaban J connectivity index is 1.96. The lowest BCUT2D eigenvalue weighted by atomic mass is 9.93. The van der Waals surface area contributed by atoms with Crippen molar-refractivity contribution in [3.05, 3.63) is 35.4 Å². The summed E-state index contributed by atoms with van der Waals surface area (Å²) in [5.41, 5.74) is 3.06. The molecule has 0 saturated carbocycles. The van der Waals surface area contributed by atoms with Gasteiger partial charge in [-0.25, -0.2) is 0 Å². The van der Waals surface area contributed by atoms with Crippen molar-refractivity contribution in [2.75, 3.05) is 20.1 Å². The van der Waals surface area contributed by atoms with Gasteiger partial charge in [0.2, 0.25) is 0 Å². The molecule has 19 heavy (non-hydrogen) atoms. The van der Waals surface area contributed by atoms with E-state index < -0.39 is 0 Å². The van der Waals surface area contributed by atoms with E-state index in [4.69, 9.17) is 0 Å². The smallest absolute Gasteiger partial charge is 0.193 e. The van der Waals surface area contributed by atoms with Gasteiger partial charge in [-0.2, -0.15) is 0 Å². The number of aryl methyl sites for hydroxylation is 1. The molecule has 0 aromatic heterocycles. The van der Waals surface area contributed by atoms with Gasteiger partial charge >= 0.3 is 0 Å². The second-order valence-electron chi connectivity index (χ2n) is 6.16. The fourth-order valence-corrected chi connectivity index (χ4v) is 2.61. The van der Waals surface area contributed by atoms with Gasteiger partial charge in [-0.3, -0.25) is 4.99 Å². The number of hydrogen-bond donors (Lipinski definition) is 1. The molecule has 1 saturated heterocycles. The van der Waals surface area contributed by atoms with Crippen LogP contribution in [0.3, 0.4) is 0 Å². The van der Waals surface area contributed by atoms with Gasteiger partial charge in [0.15, 0.2) is 5.96 Å². The molecule has 1 aromatic carbocycles. The maximum absolute atomic E-state index is 4.41. The van der Waals surface area contributed by atoms with Crippen molar-refractivity contribution in [1.29, 1.82) is 0 Å². The third-order valence-electron chi connectivity index (χ3n) is 3.89. The minimum absolute atomic E-state index is 0.403. The summed E-state index contributed by atoms with van der Waals surface area (Å²) in [6.45, 7) is 9.82. The molecule has 1 aliphatic rings. The predicted molar refractivity (Wildman–Crippen MR) is 81.3 cm³/mol. The van der Waals surface area contributed by atoms with Crippen LogP contribution in [-0.4, -0.2) is 31.0 Å². The second kappa shape index (κ2) is 5.64. The van der Waals surface area contributed by atoms with Crippen molar-refractivity contribution in [3.63, 3.8) is 0 Å². The van der Waals surface area contributed by atoms with Gasteiger partial charge in [0.05, 0.1) is 0 Å². The van der Waals surface area contributed by atoms with E-state index in [1.165, 1.54) is 17.5 Å². The van der Waals surface area contributed by atoms with Gasteiger partial charge in [-0.05, 0) is 29.9 Å². The zero-order valence-electron chi connectivity index (χ0n) is 12.5. The van der Waals surface area contributed by atoms with Gasteiger partial charge in [0.25, 0.3) is 0 Å². The van der Waals surface area contributed by atoms with Crippen LogP contribution in [-0.2, 0) is 6.54 Å². The molecule has 1 N–H and O–H groups in total. The first kappa shape index (κ1) is 13.9. The molecule has 2 rings (SSSR count). The van der Waals surface area contributed by atoms with E-state index in [1.807, 2.05) is 7.05 Å². The number of nitrogens with one attached hydrogen (secondary N) is 1. The maximum Gasteiger partial charge on any atom is 0.193 e. The summed E-state index contributed by atoms with van der Waals surface area (Å²) in [4.78, 5) is 6.77. The van der Waals surface area contributed by atoms with E-state index in [2.05, 4.69) is 60.2 Å². The summed E-state index contributed by atoms with van der Waals surface area (Å²) >= 11 is 0. The normalized spacial score (nSPS) is 18.7. The van der Waals surface area contributed by atoms with Crippen LogP contribution >= 0.6 is 0 Å². The Morgan fingerprint density at radius 2 is 2.11 bits per heavy atom. The van der Waals surface area contributed by atoms with Gasteiger partial charge in [0, 0.05) is 26.7 Å². The van der Waals surface area contributed by atoms with Crippen molar-refractivity contribution < 1.29 is 0 Å². The number of benzene rings is 1. The lowest BCUT2D eigenvalue weighted by Gasteiger charge is -2.24. The maximum atomic E-state index is 4.41. The molecule has 3 nitrogen and oxygen atoms in total. The van der Waals surface area contributed by atoms with Crippen LogP contribution in [0.4, 0.5) is 0 Å². The average molecular weight is 259 g/mol. The number of aliphatic imine (C=N–C) groups is 1. The monoisotopic (exact) mass is 259 g/mol. The SMILES string of the molecule is CN=C(NCc1ccccc1C)N1CCC(C)(C)C1. The molecule has 0 radical (unpaired) electrons. The Labute approximate surface area is 116 Å². The fourth-order valence-electron chi connectivity index (χ4n) is 2.61. The molecule has 0 aliphatic carbocycles. The van der Waals surface area contributed by atoms with Gasteiger partial charge in [-0.1, -0.05) is 38.1 Å². The summed E-state index contributed by atoms with van der Waals surface area (Å²) in [5.74, 6) is 1.02. The summed E-state index contributed by atoms with van der Waals surface area (Å²) in [7, 11) is 1.87. The molecule has 0 atom stereocenters. The first-order chi connectivity index (χ1) is 9.02. The lowest BCUT2D eigenvalue weighted by Crippen LogP contribution is -2.40. The number of likely N-dealkylation sites (tertiary alicyclic amines) is 1. The van der Waals surface area contributed by atoms with E-state index in [-0.39, 0.29) is 0 Å². The topological polar surface area (TPSA) is 27.6 Å². The van der Waals surface area contributed by atoms with E-state index in [0.29, 0.717) is 5.41 Å². The number of hydrogen-bond acceptors (Lipinski definition) is 1. The highest BCUT2D eigenvalue weighted by Crippen LogP contribution is 2.28. The summed E-state index contributed by atoms with van der Waals surface area (Å²) in [6.07, 6.45) is 1.23. The molecule has 1 aromatic rings. The minimum atomic E-state index is 0.403. The van der Waals surface area contributed by atoms with Gasteiger partial charge < -0.3 is 10.2 Å². The molecular formula is C16H25N3. The summed E-state index contributed by atoms with van der Waals surface area (Å²) < 4.78 is 0. The van der Waals surface area contributed by atoms with E-state index in [9.17, 15) is 0 Å². The summed E-state index contributed by atoms with van der Waals surface area (Å²) in [6, 6.07) is 8.49. The quantitative estimate of drug-likeness (QED) is 0.653. The van der Waals surface area contributed by atoms with Gasteiger partial charge in [0.1, 0.15) is 0 Å². The van der Waals surface area contributed by atoms with Crippen LogP contribution in [0.2, 0.25) is 0 Å². The van der Waals surface area contributed by atoms with Gasteiger partial charge in [-0.15, -0.1) is 0 Å². The first-order valence-corrected chi connectivity index (χ1v) is 7.02. The van der Waals surface area contributed by atoms with Crippen molar-refractivity contribution in [2.45, 2.75) is 33.7 Å². The highest BCUT2D eigenvalue weighted by molar-refractivity contribution is 5.80. The van der Waals surface area contributed by atoms with Crippen molar-refractivity contribution in [2.24, 2.45) is 10.4 Å². The number of rotatable bonds is 2. The molecule has 0 amide bonds. The molecular weight excluding hydrogens is 234 g/mol. The summed E-state index contributed by atoms with van der Waals surface area (Å²) in [5, 5.41) is 3.48. The Kier molecular flexibility index (Phi) is 4.13. The number of nitrogens with zero attached hydrogens (tertiary/aromatic N) is 2. The second-order valence-corrected chi connectivity index (χ2v) is 6.16. The number of guanidine groups is 1. The van der Waals surface area contributed by atoms with E-state index in [1.54, 1.807) is 0 Å². The van der Waals surface area contributed by atoms with Crippen LogP contribution in [0.1, 0.15) is 31.4 Å². The standard InChI is InChI=1S/C16H25N3/c1-13-7-5-6-8-14(13)11-18-15(17-4)19-10-9-16(2,3)12-19/h5-8H,9-12H2,1-4H3,(H,17,18). The Morgan fingerprint density at radius 1 is 1.37 bits per heavy atom. The molecule has 0 unspecified atom stereocenters. The van der Waals surface area contributed by atoms with E-state index in [0.717, 1.165) is 25.6 Å². The zero-order chi connectivity index (χ0) is 13.9. The Morgan fingerprint density at radius 3 is 2.68 bits per heavy atom. The molecule has 1 fully saturated rings. The van der Waals surface area contributed by atoms with Crippen molar-refractivity contribution in [3.8, 4) is 0 Å². The van der Waals surface area contributed by atoms with Crippen molar-refractivity contribution >= 4 is 5.96 Å².